The summed E-state index contributed by atoms with van der Waals surface area (Å²) in [4.78, 5) is 14.1. The number of nitrogens with zero attached hydrogens (tertiary/aromatic N) is 1. The molecule has 1 saturated heterocycles. The standard InChI is InChI=1S/C12H24N2O/c1-4-14(10(2)3)12(15)11-8-6-5-7-9-13-11/h10-11,13H,4-9H2,1-3H3. The molecule has 1 rings (SSSR count). The molecule has 1 amide bonds. The van der Waals surface area contributed by atoms with Crippen LogP contribution in [-0.2, 0) is 4.79 Å². The fraction of sp³-hybridized carbons (Fsp3) is 0.917. The van der Waals surface area contributed by atoms with E-state index in [4.69, 9.17) is 0 Å². The van der Waals surface area contributed by atoms with Gasteiger partial charge in [0, 0.05) is 12.6 Å². The molecule has 1 aliphatic rings. The summed E-state index contributed by atoms with van der Waals surface area (Å²) in [5.41, 5.74) is 0. The van der Waals surface area contributed by atoms with Gasteiger partial charge in [-0.1, -0.05) is 12.8 Å². The molecule has 0 aromatic carbocycles. The Kier molecular flexibility index (Phi) is 5.09. The van der Waals surface area contributed by atoms with E-state index in [0.717, 1.165) is 19.5 Å². The third kappa shape index (κ3) is 3.49. The molecule has 88 valence electrons. The lowest BCUT2D eigenvalue weighted by Gasteiger charge is -2.29. The van der Waals surface area contributed by atoms with Gasteiger partial charge in [-0.2, -0.15) is 0 Å². The van der Waals surface area contributed by atoms with E-state index in [1.54, 1.807) is 0 Å². The smallest absolute Gasteiger partial charge is 0.239 e. The molecule has 0 aromatic heterocycles. The molecule has 0 bridgehead atoms. The van der Waals surface area contributed by atoms with Crippen LogP contribution in [-0.4, -0.2) is 36.0 Å². The Morgan fingerprint density at radius 1 is 1.40 bits per heavy atom. The van der Waals surface area contributed by atoms with Gasteiger partial charge in [0.25, 0.3) is 0 Å². The molecule has 1 atom stereocenters. The fourth-order valence-corrected chi connectivity index (χ4v) is 2.22. The Morgan fingerprint density at radius 2 is 2.13 bits per heavy atom. The highest BCUT2D eigenvalue weighted by atomic mass is 16.2. The van der Waals surface area contributed by atoms with Gasteiger partial charge < -0.3 is 10.2 Å². The van der Waals surface area contributed by atoms with Crippen molar-refractivity contribution >= 4 is 5.91 Å². The summed E-state index contributed by atoms with van der Waals surface area (Å²) in [6.07, 6.45) is 4.64. The molecular formula is C12H24N2O. The molecule has 0 aliphatic carbocycles. The van der Waals surface area contributed by atoms with Gasteiger partial charge in [0.2, 0.25) is 5.91 Å². The number of hydrogen-bond donors (Lipinski definition) is 1. The van der Waals surface area contributed by atoms with Crippen molar-refractivity contribution in [1.82, 2.24) is 10.2 Å². The molecule has 1 fully saturated rings. The minimum Gasteiger partial charge on any atom is -0.339 e. The van der Waals surface area contributed by atoms with Gasteiger partial charge in [-0.3, -0.25) is 4.79 Å². The molecule has 1 N–H and O–H groups in total. The summed E-state index contributed by atoms with van der Waals surface area (Å²) in [6, 6.07) is 0.377. The average Bonchev–Trinajstić information content (AvgIpc) is 2.45. The van der Waals surface area contributed by atoms with Crippen molar-refractivity contribution in [3.05, 3.63) is 0 Å². The summed E-state index contributed by atoms with van der Waals surface area (Å²) in [5, 5.41) is 3.36. The molecule has 0 aromatic rings. The van der Waals surface area contributed by atoms with Crippen LogP contribution in [0.5, 0.6) is 0 Å². The topological polar surface area (TPSA) is 32.3 Å². The van der Waals surface area contributed by atoms with E-state index in [2.05, 4.69) is 26.1 Å². The second-order valence-corrected chi connectivity index (χ2v) is 4.57. The number of carbonyl (C=O) groups is 1. The Hall–Kier alpha value is -0.570. The van der Waals surface area contributed by atoms with Gasteiger partial charge >= 0.3 is 0 Å². The number of rotatable bonds is 3. The highest BCUT2D eigenvalue weighted by Gasteiger charge is 2.25. The van der Waals surface area contributed by atoms with E-state index in [1.165, 1.54) is 19.3 Å². The number of carbonyl (C=O) groups excluding carboxylic acids is 1. The number of hydrogen-bond acceptors (Lipinski definition) is 2. The first-order chi connectivity index (χ1) is 7.16. The van der Waals surface area contributed by atoms with Crippen molar-refractivity contribution in [3.8, 4) is 0 Å². The summed E-state index contributed by atoms with van der Waals surface area (Å²) in [5.74, 6) is 0.286. The van der Waals surface area contributed by atoms with Gasteiger partial charge in [-0.15, -0.1) is 0 Å². The first-order valence-electron chi connectivity index (χ1n) is 6.20. The Balaban J connectivity index is 2.55. The zero-order chi connectivity index (χ0) is 11.3. The van der Waals surface area contributed by atoms with Crippen LogP contribution in [0.15, 0.2) is 0 Å². The second kappa shape index (κ2) is 6.11. The van der Waals surface area contributed by atoms with Crippen molar-refractivity contribution < 1.29 is 4.79 Å². The first kappa shape index (κ1) is 12.5. The van der Waals surface area contributed by atoms with Crippen LogP contribution in [0.2, 0.25) is 0 Å². The maximum Gasteiger partial charge on any atom is 0.239 e. The summed E-state index contributed by atoms with van der Waals surface area (Å²) < 4.78 is 0. The van der Waals surface area contributed by atoms with Crippen LogP contribution in [0, 0.1) is 0 Å². The lowest BCUT2D eigenvalue weighted by atomic mass is 10.1. The third-order valence-electron chi connectivity index (χ3n) is 3.11. The molecule has 0 spiro atoms. The van der Waals surface area contributed by atoms with Crippen molar-refractivity contribution in [2.24, 2.45) is 0 Å². The van der Waals surface area contributed by atoms with E-state index in [-0.39, 0.29) is 11.9 Å². The highest BCUT2D eigenvalue weighted by Crippen LogP contribution is 2.12. The number of amides is 1. The van der Waals surface area contributed by atoms with Crippen molar-refractivity contribution in [1.29, 1.82) is 0 Å². The zero-order valence-corrected chi connectivity index (χ0v) is 10.3. The van der Waals surface area contributed by atoms with Crippen molar-refractivity contribution in [2.75, 3.05) is 13.1 Å². The molecule has 1 unspecified atom stereocenters. The van der Waals surface area contributed by atoms with Crippen LogP contribution >= 0.6 is 0 Å². The van der Waals surface area contributed by atoms with Gasteiger partial charge in [-0.25, -0.2) is 0 Å². The summed E-state index contributed by atoms with van der Waals surface area (Å²) >= 11 is 0. The van der Waals surface area contributed by atoms with Crippen molar-refractivity contribution in [3.63, 3.8) is 0 Å². The lowest BCUT2D eigenvalue weighted by Crippen LogP contribution is -2.48. The largest absolute Gasteiger partial charge is 0.339 e. The minimum atomic E-state index is 0.0647. The second-order valence-electron chi connectivity index (χ2n) is 4.57. The van der Waals surface area contributed by atoms with E-state index in [0.29, 0.717) is 6.04 Å². The molecule has 1 aliphatic heterocycles. The quantitative estimate of drug-likeness (QED) is 0.773. The highest BCUT2D eigenvalue weighted by molar-refractivity contribution is 5.82. The van der Waals surface area contributed by atoms with Crippen LogP contribution in [0.25, 0.3) is 0 Å². The van der Waals surface area contributed by atoms with E-state index >= 15 is 0 Å². The predicted octanol–water partition coefficient (Wildman–Crippen LogP) is 1.78. The van der Waals surface area contributed by atoms with E-state index < -0.39 is 0 Å². The SMILES string of the molecule is CCN(C(=O)C1CCCCCN1)C(C)C. The van der Waals surface area contributed by atoms with Gasteiger partial charge in [0.05, 0.1) is 6.04 Å². The monoisotopic (exact) mass is 212 g/mol. The van der Waals surface area contributed by atoms with Crippen LogP contribution in [0.3, 0.4) is 0 Å². The lowest BCUT2D eigenvalue weighted by molar-refractivity contribution is -0.135. The number of likely N-dealkylation sites (N-methyl/N-ethyl adjacent to an activating group) is 1. The van der Waals surface area contributed by atoms with Crippen LogP contribution in [0.1, 0.15) is 46.5 Å². The molecule has 0 radical (unpaired) electrons. The van der Waals surface area contributed by atoms with Crippen molar-refractivity contribution in [2.45, 2.75) is 58.5 Å². The van der Waals surface area contributed by atoms with Gasteiger partial charge in [0.1, 0.15) is 0 Å². The van der Waals surface area contributed by atoms with Crippen LogP contribution < -0.4 is 5.32 Å². The first-order valence-corrected chi connectivity index (χ1v) is 6.20. The molecule has 3 nitrogen and oxygen atoms in total. The van der Waals surface area contributed by atoms with E-state index in [1.807, 2.05) is 4.90 Å². The average molecular weight is 212 g/mol. The molecule has 1 heterocycles. The maximum atomic E-state index is 12.2. The fourth-order valence-electron chi connectivity index (χ4n) is 2.22. The third-order valence-corrected chi connectivity index (χ3v) is 3.11. The predicted molar refractivity (Wildman–Crippen MR) is 62.8 cm³/mol. The summed E-state index contributed by atoms with van der Waals surface area (Å²) in [7, 11) is 0. The van der Waals surface area contributed by atoms with Gasteiger partial charge in [-0.05, 0) is 40.2 Å². The molecular weight excluding hydrogens is 188 g/mol. The van der Waals surface area contributed by atoms with E-state index in [9.17, 15) is 4.79 Å². The van der Waals surface area contributed by atoms with Crippen LogP contribution in [0.4, 0.5) is 0 Å². The zero-order valence-electron chi connectivity index (χ0n) is 10.3. The molecule has 3 heteroatoms. The Labute approximate surface area is 93.2 Å². The minimum absolute atomic E-state index is 0.0647. The summed E-state index contributed by atoms with van der Waals surface area (Å²) in [6.45, 7) is 8.02. The Bertz CT molecular complexity index is 196. The van der Waals surface area contributed by atoms with Gasteiger partial charge in [0.15, 0.2) is 0 Å². The maximum absolute atomic E-state index is 12.2. The normalized spacial score (nSPS) is 22.5. The molecule has 15 heavy (non-hydrogen) atoms. The number of nitrogens with one attached hydrogen (secondary N) is 1. The Morgan fingerprint density at radius 3 is 2.73 bits per heavy atom. The molecule has 0 saturated carbocycles.